The number of pyridine rings is 2. The normalized spacial score (nSPS) is 11.9. The lowest BCUT2D eigenvalue weighted by Crippen LogP contribution is -2.35. The first kappa shape index (κ1) is 33.6. The summed E-state index contributed by atoms with van der Waals surface area (Å²) in [5.74, 6) is -5.88. The van der Waals surface area contributed by atoms with Crippen LogP contribution in [0.5, 0.6) is 0 Å². The zero-order chi connectivity index (χ0) is 32.9. The van der Waals surface area contributed by atoms with E-state index in [9.17, 15) is 40.7 Å². The number of aromatic nitrogens is 2. The predicted octanol–water partition coefficient (Wildman–Crippen LogP) is 5.89. The molecule has 0 aliphatic carbocycles. The lowest BCUT2D eigenvalue weighted by Gasteiger charge is -2.21. The number of carbonyl (C=O) groups excluding carboxylic acids is 1. The zero-order valence-electron chi connectivity index (χ0n) is 23.9. The molecule has 0 saturated heterocycles. The molecular weight excluding hydrogens is 594 g/mol. The molecule has 1 atom stereocenters. The summed E-state index contributed by atoms with van der Waals surface area (Å²) >= 11 is 0. The Morgan fingerprint density at radius 1 is 1.02 bits per heavy atom. The number of benzene rings is 2. The summed E-state index contributed by atoms with van der Waals surface area (Å²) in [5.41, 5.74) is 1.96. The second-order valence-electron chi connectivity index (χ2n) is 9.78. The van der Waals surface area contributed by atoms with Crippen LogP contribution in [0.1, 0.15) is 34.8 Å². The minimum Gasteiger partial charge on any atom is -0.480 e. The molecule has 0 aliphatic heterocycles. The van der Waals surface area contributed by atoms with Crippen LogP contribution in [0.15, 0.2) is 53.5 Å². The number of hydrogen-bond donors (Lipinski definition) is 3. The molecule has 2 aromatic heterocycles. The Morgan fingerprint density at radius 2 is 1.66 bits per heavy atom. The Balaban J connectivity index is 0.000000241. The molecule has 44 heavy (non-hydrogen) atoms. The molecule has 0 aliphatic rings. The molecule has 2 aromatic carbocycles. The van der Waals surface area contributed by atoms with Crippen molar-refractivity contribution in [3.05, 3.63) is 93.2 Å². The van der Waals surface area contributed by atoms with E-state index in [0.29, 0.717) is 23.4 Å². The maximum atomic E-state index is 13.8. The van der Waals surface area contributed by atoms with E-state index in [0.717, 1.165) is 22.0 Å². The Labute approximate surface area is 247 Å². The Kier molecular flexibility index (Phi) is 10.4. The summed E-state index contributed by atoms with van der Waals surface area (Å²) in [6, 6.07) is 7.26. The molecule has 1 unspecified atom stereocenters. The number of nitrogens with one attached hydrogen (secondary N) is 2. The number of carbonyl (C=O) groups is 2. The Hall–Kier alpha value is -4.88. The SMILES string of the molecule is CCC(Nc1cc(F)c(C(=O)NCC(=O)O)c(F)c1)C(F)(F)F.Cc1ccc(-c2c(C)c3cc(F)ccc3n(C)c2=O)nc1. The van der Waals surface area contributed by atoms with Gasteiger partial charge in [0, 0.05) is 24.3 Å². The summed E-state index contributed by atoms with van der Waals surface area (Å²) in [6.07, 6.45) is -3.25. The van der Waals surface area contributed by atoms with Crippen molar-refractivity contribution in [1.29, 1.82) is 0 Å². The van der Waals surface area contributed by atoms with Crippen LogP contribution in [0, 0.1) is 31.3 Å². The van der Waals surface area contributed by atoms with Gasteiger partial charge in [-0.3, -0.25) is 19.4 Å². The lowest BCUT2D eigenvalue weighted by atomic mass is 10.0. The quantitative estimate of drug-likeness (QED) is 0.222. The van der Waals surface area contributed by atoms with Gasteiger partial charge in [-0.1, -0.05) is 13.0 Å². The standard InChI is InChI=1S/C17H15FN2O.C13H13F5N2O3/c1-10-4-6-14(19-9-10)16-11(2)13-8-12(18)5-7-15(13)20(3)17(16)21;1-2-9(13(16,17)18)20-6-3-7(14)11(8(15)4-6)12(23)19-5-10(21)22/h4-9H,1-3H3;3-4,9,20H,2,5H2,1H3,(H,19,23)(H,21,22). The van der Waals surface area contributed by atoms with E-state index in [4.69, 9.17) is 5.11 Å². The van der Waals surface area contributed by atoms with Gasteiger partial charge in [-0.2, -0.15) is 13.2 Å². The van der Waals surface area contributed by atoms with E-state index in [-0.39, 0.29) is 17.8 Å². The third kappa shape index (κ3) is 7.74. The number of carboxylic acids is 1. The first-order chi connectivity index (χ1) is 20.5. The highest BCUT2D eigenvalue weighted by molar-refractivity contribution is 5.96. The number of fused-ring (bicyclic) bond motifs is 1. The van der Waals surface area contributed by atoms with Crippen molar-refractivity contribution in [3.63, 3.8) is 0 Å². The molecule has 234 valence electrons. The Morgan fingerprint density at radius 3 is 2.18 bits per heavy atom. The molecule has 2 heterocycles. The third-order valence-electron chi connectivity index (χ3n) is 6.60. The number of anilines is 1. The third-order valence-corrected chi connectivity index (χ3v) is 6.60. The highest BCUT2D eigenvalue weighted by Gasteiger charge is 2.38. The van der Waals surface area contributed by atoms with Crippen LogP contribution in [0.25, 0.3) is 22.2 Å². The largest absolute Gasteiger partial charge is 0.480 e. The first-order valence-corrected chi connectivity index (χ1v) is 13.1. The van der Waals surface area contributed by atoms with Crippen LogP contribution in [0.4, 0.5) is 32.0 Å². The molecule has 0 bridgehead atoms. The van der Waals surface area contributed by atoms with Crippen molar-refractivity contribution in [3.8, 4) is 11.3 Å². The molecule has 1 amide bonds. The van der Waals surface area contributed by atoms with Crippen LogP contribution in [0.2, 0.25) is 0 Å². The van der Waals surface area contributed by atoms with E-state index in [2.05, 4.69) is 4.98 Å². The summed E-state index contributed by atoms with van der Waals surface area (Å²) in [7, 11) is 1.69. The van der Waals surface area contributed by atoms with Gasteiger partial charge in [-0.15, -0.1) is 0 Å². The van der Waals surface area contributed by atoms with Gasteiger partial charge in [0.25, 0.3) is 11.5 Å². The highest BCUT2D eigenvalue weighted by atomic mass is 19.4. The van der Waals surface area contributed by atoms with E-state index in [1.54, 1.807) is 29.2 Å². The minimum absolute atomic E-state index is 0.122. The summed E-state index contributed by atoms with van der Waals surface area (Å²) < 4.78 is 80.5. The highest BCUT2D eigenvalue weighted by Crippen LogP contribution is 2.28. The molecule has 3 N–H and O–H groups in total. The fourth-order valence-corrected chi connectivity index (χ4v) is 4.32. The van der Waals surface area contributed by atoms with Crippen molar-refractivity contribution in [2.24, 2.45) is 7.05 Å². The zero-order valence-corrected chi connectivity index (χ0v) is 23.9. The molecule has 0 spiro atoms. The van der Waals surface area contributed by atoms with Gasteiger partial charge in [-0.25, -0.2) is 13.2 Å². The fraction of sp³-hybridized carbons (Fsp3) is 0.267. The number of rotatable bonds is 7. The van der Waals surface area contributed by atoms with Gasteiger partial charge in [0.2, 0.25) is 0 Å². The number of amides is 1. The van der Waals surface area contributed by atoms with Crippen LogP contribution >= 0.6 is 0 Å². The van der Waals surface area contributed by atoms with E-state index in [1.165, 1.54) is 19.1 Å². The van der Waals surface area contributed by atoms with Gasteiger partial charge < -0.3 is 20.3 Å². The predicted molar refractivity (Wildman–Crippen MR) is 152 cm³/mol. The maximum absolute atomic E-state index is 13.8. The van der Waals surface area contributed by atoms with Gasteiger partial charge in [0.1, 0.15) is 35.6 Å². The summed E-state index contributed by atoms with van der Waals surface area (Å²) in [6.45, 7) is 4.16. The van der Waals surface area contributed by atoms with Crippen molar-refractivity contribution in [2.45, 2.75) is 39.4 Å². The number of aliphatic carboxylic acids is 1. The molecule has 0 saturated carbocycles. The number of nitrogens with zero attached hydrogens (tertiary/aromatic N) is 2. The van der Waals surface area contributed by atoms with Crippen molar-refractivity contribution in [2.75, 3.05) is 11.9 Å². The molecule has 14 heteroatoms. The molecule has 0 radical (unpaired) electrons. The molecule has 0 fully saturated rings. The van der Waals surface area contributed by atoms with Gasteiger partial charge in [-0.05, 0) is 67.8 Å². The van der Waals surface area contributed by atoms with Crippen molar-refractivity contribution in [1.82, 2.24) is 14.9 Å². The second-order valence-corrected chi connectivity index (χ2v) is 9.78. The van der Waals surface area contributed by atoms with E-state index in [1.807, 2.05) is 31.3 Å². The number of halogens is 6. The number of carboxylic acid groups (broad SMARTS) is 1. The number of hydrogen-bond acceptors (Lipinski definition) is 5. The summed E-state index contributed by atoms with van der Waals surface area (Å²) in [4.78, 5) is 38.7. The summed E-state index contributed by atoms with van der Waals surface area (Å²) in [5, 5.41) is 12.8. The topological polar surface area (TPSA) is 113 Å². The van der Waals surface area contributed by atoms with E-state index >= 15 is 0 Å². The minimum atomic E-state index is -4.61. The number of alkyl halides is 3. The fourth-order valence-electron chi connectivity index (χ4n) is 4.32. The van der Waals surface area contributed by atoms with E-state index < -0.39 is 53.5 Å². The van der Waals surface area contributed by atoms with Gasteiger partial charge >= 0.3 is 12.1 Å². The van der Waals surface area contributed by atoms with Gasteiger partial charge in [0.05, 0.1) is 16.8 Å². The second kappa shape index (κ2) is 13.6. The van der Waals surface area contributed by atoms with Crippen LogP contribution in [-0.4, -0.2) is 45.3 Å². The van der Waals surface area contributed by atoms with Crippen LogP contribution < -0.4 is 16.2 Å². The lowest BCUT2D eigenvalue weighted by molar-refractivity contribution is -0.143. The van der Waals surface area contributed by atoms with Crippen molar-refractivity contribution < 1.29 is 41.0 Å². The maximum Gasteiger partial charge on any atom is 0.408 e. The van der Waals surface area contributed by atoms with Gasteiger partial charge in [0.15, 0.2) is 0 Å². The average Bonchev–Trinajstić information content (AvgIpc) is 2.94. The van der Waals surface area contributed by atoms with Crippen LogP contribution in [0.3, 0.4) is 0 Å². The average molecular weight is 623 g/mol. The molecular formula is C30H28F6N4O4. The molecule has 4 rings (SSSR count). The van der Waals surface area contributed by atoms with Crippen molar-refractivity contribution >= 4 is 28.5 Å². The monoisotopic (exact) mass is 622 g/mol. The Bertz CT molecular complexity index is 1730. The molecule has 4 aromatic rings. The smallest absolute Gasteiger partial charge is 0.408 e. The first-order valence-electron chi connectivity index (χ1n) is 13.1. The molecule has 8 nitrogen and oxygen atoms in total. The van der Waals surface area contributed by atoms with Crippen LogP contribution in [-0.2, 0) is 11.8 Å². The number of aryl methyl sites for hydroxylation is 3.